The minimum atomic E-state index is -1.93. The Morgan fingerprint density at radius 2 is 0.588 bits per heavy atom. The van der Waals surface area contributed by atoms with Crippen LogP contribution in [0.2, 0.25) is 0 Å². The van der Waals surface area contributed by atoms with Crippen LogP contribution in [0.3, 0.4) is 0 Å². The molecule has 0 bridgehead atoms. The molecule has 1 rings (SSSR count). The molecule has 9 heteroatoms. The summed E-state index contributed by atoms with van der Waals surface area (Å²) in [6.07, 6.45) is 0. The van der Waals surface area contributed by atoms with Gasteiger partial charge in [-0.3, -0.25) is 0 Å². The Balaban J connectivity index is 0.000000437. The molecule has 0 aromatic heterocycles. The Morgan fingerprint density at radius 3 is 0.706 bits per heavy atom. The molecule has 1 saturated heterocycles. The topological polar surface area (TPSA) is 36.9 Å². The summed E-state index contributed by atoms with van der Waals surface area (Å²) in [4.78, 5) is 0. The zero-order chi connectivity index (χ0) is 13.0. The van der Waals surface area contributed by atoms with Crippen molar-refractivity contribution in [3.8, 4) is 0 Å². The van der Waals surface area contributed by atoms with Gasteiger partial charge in [0.25, 0.3) is 0 Å². The van der Waals surface area contributed by atoms with Crippen LogP contribution in [0.15, 0.2) is 0 Å². The summed E-state index contributed by atoms with van der Waals surface area (Å²) in [7, 11) is -1.93. The van der Waals surface area contributed by atoms with Crippen molar-refractivity contribution in [1.29, 1.82) is 0 Å². The molecule has 0 unspecified atom stereocenters. The van der Waals surface area contributed by atoms with Crippen molar-refractivity contribution in [2.75, 3.05) is 52.9 Å². The number of rotatable bonds is 0. The van der Waals surface area contributed by atoms with Crippen molar-refractivity contribution in [3.63, 3.8) is 0 Å². The van der Waals surface area contributed by atoms with Crippen molar-refractivity contribution in [2.24, 2.45) is 0 Å². The average molecular weight is 615 g/mol. The number of hydrogen-bond donors (Lipinski definition) is 0. The minimum absolute atomic E-state index is 0.642. The van der Waals surface area contributed by atoms with Crippen LogP contribution < -0.4 is 0 Å². The molecule has 4 nitrogen and oxygen atoms in total. The molecular weight excluding hydrogens is 598 g/mol. The van der Waals surface area contributed by atoms with Crippen LogP contribution in [0.1, 0.15) is 0 Å². The molecule has 17 heavy (non-hydrogen) atoms. The molecule has 0 amide bonds. The maximum atomic E-state index is 5.22. The second-order valence-electron chi connectivity index (χ2n) is 2.88. The third-order valence-corrected chi connectivity index (χ3v) is 1.49. The van der Waals surface area contributed by atoms with Gasteiger partial charge in [-0.05, 0) is 0 Å². The third-order valence-electron chi connectivity index (χ3n) is 1.49. The molecule has 104 valence electrons. The van der Waals surface area contributed by atoms with Gasteiger partial charge in [0, 0.05) is 0 Å². The van der Waals surface area contributed by atoms with Crippen LogP contribution in [0, 0.1) is 0 Å². The molecule has 0 aromatic carbocycles. The van der Waals surface area contributed by atoms with Crippen molar-refractivity contribution >= 4 is 60.3 Å². The van der Waals surface area contributed by atoms with E-state index in [2.05, 4.69) is 50.8 Å². The molecule has 0 N–H and O–H groups in total. The van der Waals surface area contributed by atoms with Crippen molar-refractivity contribution in [2.45, 2.75) is 0 Å². The monoisotopic (exact) mass is 612 g/mol. The van der Waals surface area contributed by atoms with Crippen molar-refractivity contribution in [3.05, 3.63) is 0 Å². The number of ether oxygens (including phenoxy) is 4. The van der Waals surface area contributed by atoms with Crippen LogP contribution in [-0.2, 0) is 18.9 Å². The van der Waals surface area contributed by atoms with E-state index < -0.39 is 9.49 Å². The van der Waals surface area contributed by atoms with E-state index in [0.29, 0.717) is 52.9 Å². The normalized spacial score (nSPS) is 20.5. The van der Waals surface area contributed by atoms with Gasteiger partial charge in [-0.25, -0.2) is 0 Å². The Labute approximate surface area is 130 Å². The molecule has 0 aromatic rings. The summed E-state index contributed by atoms with van der Waals surface area (Å²) >= 11 is 13.3. The summed E-state index contributed by atoms with van der Waals surface area (Å²) in [5.74, 6) is 0. The van der Waals surface area contributed by atoms with Gasteiger partial charge in [-0.15, -0.1) is 0 Å². The van der Waals surface area contributed by atoms with Crippen molar-refractivity contribution < 1.29 is 18.9 Å². The van der Waals surface area contributed by atoms with Gasteiger partial charge in [0.05, 0.1) is 52.9 Å². The predicted octanol–water partition coefficient (Wildman–Crippen LogP) is 3.07. The van der Waals surface area contributed by atoms with E-state index in [4.69, 9.17) is 18.9 Å². The molecule has 0 radical (unpaired) electrons. The van der Waals surface area contributed by atoms with Gasteiger partial charge in [0.15, 0.2) is 0 Å². The molecule has 0 saturated carbocycles. The first-order chi connectivity index (χ1) is 8.00. The molecular formula is C8H16Br4O4Sn. The van der Waals surface area contributed by atoms with Crippen LogP contribution >= 0.6 is 50.8 Å². The molecule has 1 heterocycles. The fourth-order valence-corrected chi connectivity index (χ4v) is 0.880. The Morgan fingerprint density at radius 1 is 0.471 bits per heavy atom. The van der Waals surface area contributed by atoms with Gasteiger partial charge < -0.3 is 18.9 Å². The second-order valence-corrected chi connectivity index (χ2v) is 80.1. The number of halogens is 4. The molecule has 0 atom stereocenters. The molecule has 1 aliphatic rings. The summed E-state index contributed by atoms with van der Waals surface area (Å²) in [6.45, 7) is 5.14. The SMILES string of the molecule is C1COCCOCCOCCO1.[Br][Sn]([Br])([Br])[Br]. The maximum absolute atomic E-state index is 5.22. The quantitative estimate of drug-likeness (QED) is 0.394. The van der Waals surface area contributed by atoms with E-state index in [1.54, 1.807) is 0 Å². The van der Waals surface area contributed by atoms with Crippen LogP contribution in [0.25, 0.3) is 0 Å². The molecule has 1 aliphatic heterocycles. The first kappa shape index (κ1) is 19.6. The Hall–Kier alpha value is 2.56. The Bertz CT molecular complexity index is 121. The van der Waals surface area contributed by atoms with E-state index in [1.165, 1.54) is 0 Å². The second kappa shape index (κ2) is 13.5. The zero-order valence-electron chi connectivity index (χ0n) is 9.30. The van der Waals surface area contributed by atoms with E-state index in [9.17, 15) is 0 Å². The summed E-state index contributed by atoms with van der Waals surface area (Å²) < 4.78 is 20.9. The first-order valence-electron chi connectivity index (χ1n) is 5.07. The third kappa shape index (κ3) is 24.0. The molecule has 0 spiro atoms. The van der Waals surface area contributed by atoms with Gasteiger partial charge in [0.1, 0.15) is 0 Å². The fourth-order valence-electron chi connectivity index (χ4n) is 0.880. The first-order valence-corrected chi connectivity index (χ1v) is 30.7. The molecule has 1 fully saturated rings. The van der Waals surface area contributed by atoms with Gasteiger partial charge in [-0.1, -0.05) is 0 Å². The predicted molar refractivity (Wildman–Crippen MR) is 84.7 cm³/mol. The average Bonchev–Trinajstić information content (AvgIpc) is 2.15. The van der Waals surface area contributed by atoms with Crippen molar-refractivity contribution in [1.82, 2.24) is 0 Å². The van der Waals surface area contributed by atoms with E-state index in [0.717, 1.165) is 0 Å². The van der Waals surface area contributed by atoms with Gasteiger partial charge in [-0.2, -0.15) is 0 Å². The van der Waals surface area contributed by atoms with Crippen LogP contribution in [0.4, 0.5) is 0 Å². The van der Waals surface area contributed by atoms with Crippen LogP contribution in [-0.4, -0.2) is 62.3 Å². The van der Waals surface area contributed by atoms with E-state index in [1.807, 2.05) is 0 Å². The van der Waals surface area contributed by atoms with Gasteiger partial charge >= 0.3 is 60.3 Å². The number of hydrogen-bond acceptors (Lipinski definition) is 4. The van der Waals surface area contributed by atoms with E-state index >= 15 is 0 Å². The Kier molecular flexibility index (Phi) is 15.6. The van der Waals surface area contributed by atoms with E-state index in [-0.39, 0.29) is 0 Å². The standard InChI is InChI=1S/C8H16O4.4BrH.Sn/c1-2-10-5-6-12-8-7-11-4-3-9-1;;;;;/h1-8H2;4*1H;/q;;;;;+4/p-4. The summed E-state index contributed by atoms with van der Waals surface area (Å²) in [5.41, 5.74) is 0. The summed E-state index contributed by atoms with van der Waals surface area (Å²) in [5, 5.41) is 0. The van der Waals surface area contributed by atoms with Gasteiger partial charge in [0.2, 0.25) is 0 Å². The van der Waals surface area contributed by atoms with Crippen LogP contribution in [0.5, 0.6) is 0 Å². The fraction of sp³-hybridized carbons (Fsp3) is 1.00. The summed E-state index contributed by atoms with van der Waals surface area (Å²) in [6, 6.07) is 0. The molecule has 0 aliphatic carbocycles. The zero-order valence-corrected chi connectivity index (χ0v) is 18.5.